The van der Waals surface area contributed by atoms with Gasteiger partial charge in [-0.15, -0.1) is 0 Å². The van der Waals surface area contributed by atoms with Crippen molar-refractivity contribution in [3.05, 3.63) is 70.9 Å². The number of para-hydroxylation sites is 1. The second kappa shape index (κ2) is 6.39. The van der Waals surface area contributed by atoms with Gasteiger partial charge in [-0.25, -0.2) is 0 Å². The van der Waals surface area contributed by atoms with Crippen LogP contribution in [0.1, 0.15) is 36.5 Å². The number of nitrogens with two attached hydrogens (primary N) is 1. The van der Waals surface area contributed by atoms with Crippen molar-refractivity contribution in [2.24, 2.45) is 0 Å². The molecule has 32 heavy (non-hydrogen) atoms. The van der Waals surface area contributed by atoms with Crippen LogP contribution in [-0.4, -0.2) is 45.9 Å². The number of benzene rings is 2. The molecule has 2 aromatic carbocycles. The quantitative estimate of drug-likeness (QED) is 0.420. The van der Waals surface area contributed by atoms with Gasteiger partial charge in [0, 0.05) is 48.3 Å². The number of rotatable bonds is 2. The van der Waals surface area contributed by atoms with E-state index in [4.69, 9.17) is 4.74 Å². The Bertz CT molecular complexity index is 1220. The van der Waals surface area contributed by atoms with Gasteiger partial charge in [0.2, 0.25) is 0 Å². The van der Waals surface area contributed by atoms with Gasteiger partial charge in [0.15, 0.2) is 23.3 Å². The molecule has 1 saturated heterocycles. The SMILES string of the molecule is C=C(C)CN1CC[C@]23c4c5ccc(O)c4O[C@H]2C2=C(C[C@@]3(O)[C@H]1C5)c1ccccc1[NH2+]2.[Cl-]. The number of fused-ring (bicyclic) bond motifs is 3. The molecule has 2 aromatic rings. The number of phenols is 1. The first-order chi connectivity index (χ1) is 14.9. The third-order valence-electron chi connectivity index (χ3n) is 8.47. The Kier molecular flexibility index (Phi) is 4.05. The minimum absolute atomic E-state index is 0. The number of nitrogens with zero attached hydrogens (tertiary/aromatic N) is 1. The maximum Gasteiger partial charge on any atom is 0.186 e. The third kappa shape index (κ3) is 2.15. The van der Waals surface area contributed by atoms with E-state index in [0.29, 0.717) is 12.2 Å². The van der Waals surface area contributed by atoms with Gasteiger partial charge in [-0.05, 0) is 37.5 Å². The highest BCUT2D eigenvalue weighted by molar-refractivity contribution is 5.82. The van der Waals surface area contributed by atoms with Crippen LogP contribution in [-0.2, 0) is 11.8 Å². The largest absolute Gasteiger partial charge is 1.00 e. The highest BCUT2D eigenvalue weighted by Gasteiger charge is 2.74. The Morgan fingerprint density at radius 1 is 1.28 bits per heavy atom. The molecule has 0 saturated carbocycles. The summed E-state index contributed by atoms with van der Waals surface area (Å²) in [5.41, 5.74) is 6.69. The zero-order chi connectivity index (χ0) is 21.1. The van der Waals surface area contributed by atoms with Crippen LogP contribution in [0.25, 0.3) is 5.57 Å². The number of aromatic hydroxyl groups is 1. The fourth-order valence-electron chi connectivity index (χ4n) is 7.39. The lowest BCUT2D eigenvalue weighted by molar-refractivity contribution is -0.524. The average Bonchev–Trinajstić information content (AvgIpc) is 3.27. The Labute approximate surface area is 193 Å². The van der Waals surface area contributed by atoms with Crippen LogP contribution >= 0.6 is 0 Å². The number of quaternary nitrogens is 1. The number of likely N-dealkylation sites (tertiary alicyclic amines) is 1. The first-order valence-corrected chi connectivity index (χ1v) is 11.2. The zero-order valence-corrected chi connectivity index (χ0v) is 18.8. The highest BCUT2D eigenvalue weighted by Crippen LogP contribution is 2.67. The normalized spacial score (nSPS) is 33.1. The molecule has 1 spiro atoms. The van der Waals surface area contributed by atoms with E-state index >= 15 is 0 Å². The van der Waals surface area contributed by atoms with E-state index in [1.54, 1.807) is 6.07 Å². The molecule has 4 atom stereocenters. The molecule has 1 fully saturated rings. The minimum atomic E-state index is -0.957. The summed E-state index contributed by atoms with van der Waals surface area (Å²) in [7, 11) is 0. The molecule has 166 valence electrons. The zero-order valence-electron chi connectivity index (χ0n) is 18.1. The van der Waals surface area contributed by atoms with Gasteiger partial charge in [0.05, 0.1) is 11.0 Å². The van der Waals surface area contributed by atoms with E-state index in [1.165, 1.54) is 28.1 Å². The van der Waals surface area contributed by atoms with E-state index in [1.807, 2.05) is 6.07 Å². The third-order valence-corrected chi connectivity index (χ3v) is 8.47. The standard InChI is InChI=1S/C26H26N2O3.ClH/c1-14(2)13-28-10-9-25-21-15-7-8-19(29)23(21)31-24(25)22-17(12-26(25,30)20(28)11-15)16-5-3-4-6-18(16)27-22;/h3-8,20,24,27,29-30H,1,9-13H2,2H3;1H/t20-,24+,25+,26-;/m1./s1. The van der Waals surface area contributed by atoms with Crippen molar-refractivity contribution in [2.75, 3.05) is 13.1 Å². The summed E-state index contributed by atoms with van der Waals surface area (Å²) in [5, 5.41) is 25.6. The van der Waals surface area contributed by atoms with Crippen LogP contribution in [0.4, 0.5) is 5.69 Å². The van der Waals surface area contributed by atoms with Gasteiger partial charge in [0.1, 0.15) is 5.69 Å². The van der Waals surface area contributed by atoms with Crippen molar-refractivity contribution in [1.82, 2.24) is 4.90 Å². The Hall–Kier alpha value is -2.31. The summed E-state index contributed by atoms with van der Waals surface area (Å²) in [6, 6.07) is 12.2. The lowest BCUT2D eigenvalue weighted by Gasteiger charge is -2.62. The lowest BCUT2D eigenvalue weighted by atomic mass is 9.49. The number of phenolic OH excluding ortho intramolecular Hbond substituents is 1. The van der Waals surface area contributed by atoms with Gasteiger partial charge in [0.25, 0.3) is 0 Å². The fourth-order valence-corrected chi connectivity index (χ4v) is 7.39. The van der Waals surface area contributed by atoms with Crippen molar-refractivity contribution in [1.29, 1.82) is 0 Å². The van der Waals surface area contributed by atoms with Crippen molar-refractivity contribution < 1.29 is 32.7 Å². The van der Waals surface area contributed by atoms with Crippen molar-refractivity contribution in [3.63, 3.8) is 0 Å². The van der Waals surface area contributed by atoms with Crippen LogP contribution in [0, 0.1) is 0 Å². The molecule has 0 aromatic heterocycles. The summed E-state index contributed by atoms with van der Waals surface area (Å²) in [4.78, 5) is 2.43. The summed E-state index contributed by atoms with van der Waals surface area (Å²) in [5.74, 6) is 0.774. The molecular weight excluding hydrogens is 424 g/mol. The Balaban J connectivity index is 0.00000196. The number of aliphatic hydroxyl groups is 1. The van der Waals surface area contributed by atoms with Gasteiger partial charge >= 0.3 is 0 Å². The molecule has 0 radical (unpaired) electrons. The van der Waals surface area contributed by atoms with Crippen molar-refractivity contribution in [3.8, 4) is 11.5 Å². The van der Waals surface area contributed by atoms with Gasteiger partial charge in [-0.1, -0.05) is 30.4 Å². The van der Waals surface area contributed by atoms with E-state index < -0.39 is 11.0 Å². The summed E-state index contributed by atoms with van der Waals surface area (Å²) < 4.78 is 6.60. The van der Waals surface area contributed by atoms with Crippen LogP contribution in [0.3, 0.4) is 0 Å². The number of piperidine rings is 1. The van der Waals surface area contributed by atoms with Crippen LogP contribution in [0.5, 0.6) is 11.5 Å². The maximum absolute atomic E-state index is 12.7. The second-order valence-corrected chi connectivity index (χ2v) is 10.1. The number of hydrogen-bond acceptors (Lipinski definition) is 4. The van der Waals surface area contributed by atoms with Gasteiger partial charge < -0.3 is 27.4 Å². The highest BCUT2D eigenvalue weighted by atomic mass is 35.5. The molecule has 2 bridgehead atoms. The van der Waals surface area contributed by atoms with Crippen LogP contribution in [0.2, 0.25) is 0 Å². The van der Waals surface area contributed by atoms with Crippen molar-refractivity contribution >= 4 is 11.3 Å². The predicted molar refractivity (Wildman–Crippen MR) is 117 cm³/mol. The van der Waals surface area contributed by atoms with Gasteiger partial charge in [-0.2, -0.15) is 0 Å². The first-order valence-electron chi connectivity index (χ1n) is 11.2. The molecular formula is C26H27ClN2O3. The van der Waals surface area contributed by atoms with Crippen LogP contribution < -0.4 is 22.5 Å². The van der Waals surface area contributed by atoms with E-state index in [9.17, 15) is 10.2 Å². The second-order valence-electron chi connectivity index (χ2n) is 10.1. The molecule has 6 heteroatoms. The van der Waals surface area contributed by atoms with E-state index in [2.05, 4.69) is 48.0 Å². The monoisotopic (exact) mass is 450 g/mol. The Morgan fingerprint density at radius 3 is 2.91 bits per heavy atom. The molecule has 3 heterocycles. The lowest BCUT2D eigenvalue weighted by Crippen LogP contribution is -3.00. The van der Waals surface area contributed by atoms with Crippen LogP contribution in [0.15, 0.2) is 54.2 Å². The summed E-state index contributed by atoms with van der Waals surface area (Å²) in [6.45, 7) is 7.90. The molecule has 0 unspecified atom stereocenters. The Morgan fingerprint density at radius 2 is 2.09 bits per heavy atom. The predicted octanol–water partition coefficient (Wildman–Crippen LogP) is -0.644. The van der Waals surface area contributed by atoms with E-state index in [-0.39, 0.29) is 30.3 Å². The summed E-state index contributed by atoms with van der Waals surface area (Å²) >= 11 is 0. The number of ether oxygens (including phenoxy) is 1. The molecule has 2 aliphatic carbocycles. The topological polar surface area (TPSA) is 69.5 Å². The van der Waals surface area contributed by atoms with Gasteiger partial charge in [-0.3, -0.25) is 10.2 Å². The minimum Gasteiger partial charge on any atom is -1.00 e. The average molecular weight is 451 g/mol. The van der Waals surface area contributed by atoms with E-state index in [0.717, 1.165) is 37.1 Å². The van der Waals surface area contributed by atoms with Crippen molar-refractivity contribution in [2.45, 2.75) is 49.3 Å². The molecule has 5 aliphatic rings. The molecule has 0 amide bonds. The molecule has 3 aliphatic heterocycles. The maximum atomic E-state index is 12.7. The fraction of sp³-hybridized carbons (Fsp3) is 0.385. The summed E-state index contributed by atoms with van der Waals surface area (Å²) in [6.07, 6.45) is 1.91. The number of hydrogen-bond donors (Lipinski definition) is 3. The first kappa shape index (κ1) is 20.3. The molecule has 7 rings (SSSR count). The molecule has 4 N–H and O–H groups in total. The molecule has 5 nitrogen and oxygen atoms in total. The smallest absolute Gasteiger partial charge is 0.186 e. The number of halogens is 1.